The van der Waals surface area contributed by atoms with E-state index in [1.165, 1.54) is 0 Å². The third kappa shape index (κ3) is 2.80. The van der Waals surface area contributed by atoms with Crippen LogP contribution in [0.5, 0.6) is 5.75 Å². The van der Waals surface area contributed by atoms with E-state index in [4.69, 9.17) is 4.74 Å². The summed E-state index contributed by atoms with van der Waals surface area (Å²) < 4.78 is 20.1. The highest BCUT2D eigenvalue weighted by Gasteiger charge is 2.34. The summed E-state index contributed by atoms with van der Waals surface area (Å²) in [5.41, 5.74) is 0.334. The van der Waals surface area contributed by atoms with Gasteiger partial charge in [-0.25, -0.2) is 4.39 Å². The van der Waals surface area contributed by atoms with Gasteiger partial charge < -0.3 is 9.84 Å². The SMILES string of the molecule is CCCOc1ccc(Br)c(C(O)C2CC2)c1F. The first kappa shape index (κ1) is 12.8. The molecule has 1 aliphatic rings. The van der Waals surface area contributed by atoms with Crippen LogP contribution in [0.25, 0.3) is 0 Å². The molecule has 0 aromatic heterocycles. The lowest BCUT2D eigenvalue weighted by Gasteiger charge is -2.15. The number of halogens is 2. The van der Waals surface area contributed by atoms with Gasteiger partial charge >= 0.3 is 0 Å². The first-order chi connectivity index (χ1) is 8.15. The Morgan fingerprint density at radius 2 is 2.24 bits per heavy atom. The van der Waals surface area contributed by atoms with E-state index >= 15 is 0 Å². The summed E-state index contributed by atoms with van der Waals surface area (Å²) in [4.78, 5) is 0. The van der Waals surface area contributed by atoms with Crippen LogP contribution in [0.4, 0.5) is 4.39 Å². The summed E-state index contributed by atoms with van der Waals surface area (Å²) in [5, 5.41) is 10.0. The summed E-state index contributed by atoms with van der Waals surface area (Å²) in [6.45, 7) is 2.45. The molecule has 0 aliphatic heterocycles. The summed E-state index contributed by atoms with van der Waals surface area (Å²) in [6, 6.07) is 3.33. The van der Waals surface area contributed by atoms with Crippen LogP contribution in [0, 0.1) is 11.7 Å². The second-order valence-corrected chi connectivity index (χ2v) is 5.26. The van der Waals surface area contributed by atoms with Crippen molar-refractivity contribution < 1.29 is 14.2 Å². The predicted octanol–water partition coefficient (Wildman–Crippen LogP) is 3.82. The number of benzene rings is 1. The minimum atomic E-state index is -0.727. The fourth-order valence-electron chi connectivity index (χ4n) is 1.79. The highest BCUT2D eigenvalue weighted by atomic mass is 79.9. The molecular formula is C13H16BrFO2. The van der Waals surface area contributed by atoms with Crippen LogP contribution in [0.2, 0.25) is 0 Å². The minimum Gasteiger partial charge on any atom is -0.491 e. The maximum absolute atomic E-state index is 14.2. The molecule has 1 fully saturated rings. The topological polar surface area (TPSA) is 29.5 Å². The molecule has 1 aliphatic carbocycles. The lowest BCUT2D eigenvalue weighted by atomic mass is 10.0. The first-order valence-corrected chi connectivity index (χ1v) is 6.73. The molecule has 0 spiro atoms. The number of ether oxygens (including phenoxy) is 1. The monoisotopic (exact) mass is 302 g/mol. The van der Waals surface area contributed by atoms with Crippen molar-refractivity contribution in [3.8, 4) is 5.75 Å². The van der Waals surface area contributed by atoms with Crippen molar-refractivity contribution in [3.05, 3.63) is 28.0 Å². The fourth-order valence-corrected chi connectivity index (χ4v) is 2.33. The Morgan fingerprint density at radius 3 is 2.82 bits per heavy atom. The van der Waals surface area contributed by atoms with E-state index in [9.17, 15) is 9.50 Å². The molecule has 2 rings (SSSR count). The second-order valence-electron chi connectivity index (χ2n) is 4.40. The maximum Gasteiger partial charge on any atom is 0.171 e. The first-order valence-electron chi connectivity index (χ1n) is 5.94. The molecule has 2 nitrogen and oxygen atoms in total. The van der Waals surface area contributed by atoms with E-state index in [1.807, 2.05) is 6.92 Å². The van der Waals surface area contributed by atoms with Gasteiger partial charge in [0.05, 0.1) is 12.7 Å². The molecule has 1 aromatic carbocycles. The smallest absolute Gasteiger partial charge is 0.171 e. The van der Waals surface area contributed by atoms with E-state index in [0.717, 1.165) is 19.3 Å². The van der Waals surface area contributed by atoms with Crippen molar-refractivity contribution >= 4 is 15.9 Å². The second kappa shape index (κ2) is 5.36. The Hall–Kier alpha value is -0.610. The Bertz CT molecular complexity index is 405. The summed E-state index contributed by atoms with van der Waals surface area (Å²) in [5.74, 6) is -0.0146. The van der Waals surface area contributed by atoms with Gasteiger partial charge in [0.1, 0.15) is 0 Å². The molecule has 1 aromatic rings. The average molecular weight is 303 g/mol. The van der Waals surface area contributed by atoms with Gasteiger partial charge in [0.15, 0.2) is 11.6 Å². The van der Waals surface area contributed by atoms with Gasteiger partial charge in [0, 0.05) is 10.0 Å². The molecule has 0 radical (unpaired) electrons. The van der Waals surface area contributed by atoms with Crippen molar-refractivity contribution in [2.24, 2.45) is 5.92 Å². The Balaban J connectivity index is 2.28. The fraction of sp³-hybridized carbons (Fsp3) is 0.538. The molecular weight excluding hydrogens is 287 g/mol. The normalized spacial score (nSPS) is 16.9. The van der Waals surface area contributed by atoms with E-state index in [0.29, 0.717) is 16.6 Å². The van der Waals surface area contributed by atoms with Crippen LogP contribution < -0.4 is 4.74 Å². The lowest BCUT2D eigenvalue weighted by molar-refractivity contribution is 0.147. The highest BCUT2D eigenvalue weighted by molar-refractivity contribution is 9.10. The Morgan fingerprint density at radius 1 is 1.53 bits per heavy atom. The molecule has 17 heavy (non-hydrogen) atoms. The van der Waals surface area contributed by atoms with Gasteiger partial charge in [-0.3, -0.25) is 0 Å². The van der Waals surface area contributed by atoms with Crippen molar-refractivity contribution in [2.75, 3.05) is 6.61 Å². The number of aliphatic hydroxyl groups is 1. The molecule has 0 heterocycles. The van der Waals surface area contributed by atoms with E-state index in [-0.39, 0.29) is 11.7 Å². The Kier molecular flexibility index (Phi) is 4.05. The van der Waals surface area contributed by atoms with Crippen molar-refractivity contribution in [1.29, 1.82) is 0 Å². The van der Waals surface area contributed by atoms with Crippen LogP contribution in [0.1, 0.15) is 37.9 Å². The third-order valence-corrected chi connectivity index (χ3v) is 3.61. The molecule has 94 valence electrons. The van der Waals surface area contributed by atoms with Gasteiger partial charge in [0.2, 0.25) is 0 Å². The molecule has 1 N–H and O–H groups in total. The summed E-state index contributed by atoms with van der Waals surface area (Å²) in [6.07, 6.45) is 2.03. The quantitative estimate of drug-likeness (QED) is 0.896. The lowest BCUT2D eigenvalue weighted by Crippen LogP contribution is -2.07. The van der Waals surface area contributed by atoms with Crippen molar-refractivity contribution in [1.82, 2.24) is 0 Å². The number of aliphatic hydroxyl groups excluding tert-OH is 1. The predicted molar refractivity (Wildman–Crippen MR) is 67.6 cm³/mol. The van der Waals surface area contributed by atoms with Crippen LogP contribution in [0.15, 0.2) is 16.6 Å². The number of hydrogen-bond donors (Lipinski definition) is 1. The van der Waals surface area contributed by atoms with Crippen LogP contribution in [0.3, 0.4) is 0 Å². The Labute approximate surface area is 109 Å². The van der Waals surface area contributed by atoms with Crippen molar-refractivity contribution in [2.45, 2.75) is 32.3 Å². The van der Waals surface area contributed by atoms with Gasteiger partial charge in [-0.05, 0) is 37.3 Å². The maximum atomic E-state index is 14.2. The molecule has 0 saturated heterocycles. The third-order valence-electron chi connectivity index (χ3n) is 2.92. The van der Waals surface area contributed by atoms with Gasteiger partial charge in [-0.15, -0.1) is 0 Å². The minimum absolute atomic E-state index is 0.197. The van der Waals surface area contributed by atoms with Gasteiger partial charge in [-0.2, -0.15) is 0 Å². The molecule has 1 saturated carbocycles. The summed E-state index contributed by atoms with van der Waals surface area (Å²) in [7, 11) is 0. The van der Waals surface area contributed by atoms with Gasteiger partial charge in [0.25, 0.3) is 0 Å². The largest absolute Gasteiger partial charge is 0.491 e. The summed E-state index contributed by atoms with van der Waals surface area (Å²) >= 11 is 3.29. The highest BCUT2D eigenvalue weighted by Crippen LogP contribution is 2.45. The number of hydrogen-bond acceptors (Lipinski definition) is 2. The van der Waals surface area contributed by atoms with Crippen LogP contribution in [-0.4, -0.2) is 11.7 Å². The average Bonchev–Trinajstić information content (AvgIpc) is 3.12. The zero-order chi connectivity index (χ0) is 12.4. The molecule has 1 unspecified atom stereocenters. The zero-order valence-electron chi connectivity index (χ0n) is 9.75. The van der Waals surface area contributed by atoms with E-state index in [1.54, 1.807) is 12.1 Å². The van der Waals surface area contributed by atoms with Crippen LogP contribution >= 0.6 is 15.9 Å². The zero-order valence-corrected chi connectivity index (χ0v) is 11.3. The van der Waals surface area contributed by atoms with Crippen molar-refractivity contribution in [3.63, 3.8) is 0 Å². The van der Waals surface area contributed by atoms with Gasteiger partial charge in [-0.1, -0.05) is 22.9 Å². The number of rotatable bonds is 5. The molecule has 0 bridgehead atoms. The molecule has 4 heteroatoms. The molecule has 0 amide bonds. The van der Waals surface area contributed by atoms with E-state index < -0.39 is 11.9 Å². The standard InChI is InChI=1S/C13H16BrFO2/c1-2-7-17-10-6-5-9(14)11(12(10)15)13(16)8-3-4-8/h5-6,8,13,16H,2-4,7H2,1H3. The van der Waals surface area contributed by atoms with Crippen LogP contribution in [-0.2, 0) is 0 Å². The van der Waals surface area contributed by atoms with E-state index in [2.05, 4.69) is 15.9 Å². The molecule has 1 atom stereocenters.